The van der Waals surface area contributed by atoms with E-state index in [1.165, 1.54) is 13.2 Å². The highest BCUT2D eigenvalue weighted by Gasteiger charge is 2.24. The highest BCUT2D eigenvalue weighted by molar-refractivity contribution is 6.32. The zero-order valence-corrected chi connectivity index (χ0v) is 16.3. The molecule has 0 radical (unpaired) electrons. The van der Waals surface area contributed by atoms with Gasteiger partial charge in [-0.2, -0.15) is 4.98 Å². The number of hydrogen-bond acceptors (Lipinski definition) is 6. The van der Waals surface area contributed by atoms with Crippen molar-refractivity contribution in [1.82, 2.24) is 9.97 Å². The fourth-order valence-corrected chi connectivity index (χ4v) is 3.47. The van der Waals surface area contributed by atoms with E-state index in [0.29, 0.717) is 33.5 Å². The van der Waals surface area contributed by atoms with E-state index < -0.39 is 5.82 Å². The molecular weight excluding hydrogens is 395 g/mol. The van der Waals surface area contributed by atoms with Gasteiger partial charge in [0.2, 0.25) is 5.95 Å². The zero-order valence-electron chi connectivity index (χ0n) is 15.6. The van der Waals surface area contributed by atoms with E-state index in [1.54, 1.807) is 23.4 Å². The van der Waals surface area contributed by atoms with Gasteiger partial charge >= 0.3 is 0 Å². The Labute approximate surface area is 172 Å². The SMILES string of the molecule is CON1CC(c2c(F)cccc2Cl)=Cc2cnc(Nc3cccc(CO)c3)nc21. The summed E-state index contributed by atoms with van der Waals surface area (Å²) >= 11 is 6.22. The number of aliphatic hydroxyl groups excluding tert-OH is 1. The molecule has 8 heteroatoms. The van der Waals surface area contributed by atoms with Crippen molar-refractivity contribution in [3.63, 3.8) is 0 Å². The first-order valence-corrected chi connectivity index (χ1v) is 9.27. The second-order valence-electron chi connectivity index (χ2n) is 6.44. The van der Waals surface area contributed by atoms with Gasteiger partial charge < -0.3 is 10.4 Å². The second kappa shape index (κ2) is 8.16. The van der Waals surface area contributed by atoms with Crippen LogP contribution in [0.25, 0.3) is 11.6 Å². The Morgan fingerprint density at radius 2 is 2.10 bits per heavy atom. The topological polar surface area (TPSA) is 70.5 Å². The van der Waals surface area contributed by atoms with Crippen LogP contribution in [-0.2, 0) is 11.4 Å². The third-order valence-corrected chi connectivity index (χ3v) is 4.86. The van der Waals surface area contributed by atoms with E-state index in [0.717, 1.165) is 11.3 Å². The predicted octanol–water partition coefficient (Wildman–Crippen LogP) is 4.43. The minimum Gasteiger partial charge on any atom is -0.392 e. The molecule has 0 spiro atoms. The lowest BCUT2D eigenvalue weighted by Crippen LogP contribution is -2.28. The fraction of sp³-hybridized carbons (Fsp3) is 0.143. The fourth-order valence-electron chi connectivity index (χ4n) is 3.19. The van der Waals surface area contributed by atoms with Crippen LogP contribution in [0.5, 0.6) is 0 Å². The summed E-state index contributed by atoms with van der Waals surface area (Å²) in [5.41, 5.74) is 3.22. The number of aliphatic hydroxyl groups is 1. The van der Waals surface area contributed by atoms with E-state index in [9.17, 15) is 9.50 Å². The lowest BCUT2D eigenvalue weighted by atomic mass is 10.00. The molecule has 2 aromatic carbocycles. The molecule has 1 aliphatic heterocycles. The van der Waals surface area contributed by atoms with Gasteiger partial charge in [0, 0.05) is 23.0 Å². The number of hydrogen-bond donors (Lipinski definition) is 2. The molecule has 0 amide bonds. The minimum atomic E-state index is -0.397. The summed E-state index contributed by atoms with van der Waals surface area (Å²) in [4.78, 5) is 14.3. The first kappa shape index (κ1) is 19.3. The highest BCUT2D eigenvalue weighted by Crippen LogP contribution is 2.35. The molecule has 29 heavy (non-hydrogen) atoms. The maximum Gasteiger partial charge on any atom is 0.229 e. The van der Waals surface area contributed by atoms with Crippen molar-refractivity contribution < 1.29 is 14.3 Å². The van der Waals surface area contributed by atoms with Crippen LogP contribution in [0.3, 0.4) is 0 Å². The second-order valence-corrected chi connectivity index (χ2v) is 6.85. The quantitative estimate of drug-likeness (QED) is 0.646. The molecule has 0 unspecified atom stereocenters. The van der Waals surface area contributed by atoms with Crippen molar-refractivity contribution >= 4 is 40.7 Å². The summed E-state index contributed by atoms with van der Waals surface area (Å²) in [6.07, 6.45) is 3.45. The van der Waals surface area contributed by atoms with Gasteiger partial charge in [-0.3, -0.25) is 4.84 Å². The average molecular weight is 413 g/mol. The Balaban J connectivity index is 1.70. The van der Waals surface area contributed by atoms with Crippen LogP contribution < -0.4 is 10.4 Å². The van der Waals surface area contributed by atoms with Gasteiger partial charge in [-0.1, -0.05) is 29.8 Å². The van der Waals surface area contributed by atoms with Crippen LogP contribution in [0.2, 0.25) is 5.02 Å². The summed E-state index contributed by atoms with van der Waals surface area (Å²) in [5.74, 6) is 0.535. The predicted molar refractivity (Wildman–Crippen MR) is 111 cm³/mol. The van der Waals surface area contributed by atoms with Crippen LogP contribution in [0.15, 0.2) is 48.7 Å². The normalized spacial score (nSPS) is 13.1. The van der Waals surface area contributed by atoms with Crippen molar-refractivity contribution in [2.45, 2.75) is 6.61 Å². The molecule has 1 aliphatic rings. The Morgan fingerprint density at radius 1 is 1.28 bits per heavy atom. The molecule has 2 N–H and O–H groups in total. The summed E-state index contributed by atoms with van der Waals surface area (Å²) in [6, 6.07) is 11.9. The zero-order chi connectivity index (χ0) is 20.4. The molecule has 0 fully saturated rings. The molecule has 0 saturated heterocycles. The summed E-state index contributed by atoms with van der Waals surface area (Å²) in [6.45, 7) is 0.227. The largest absolute Gasteiger partial charge is 0.392 e. The Morgan fingerprint density at radius 3 is 2.86 bits per heavy atom. The Kier molecular flexibility index (Phi) is 5.44. The maximum atomic E-state index is 14.4. The van der Waals surface area contributed by atoms with Gasteiger partial charge in [-0.25, -0.2) is 14.4 Å². The van der Waals surface area contributed by atoms with E-state index in [-0.39, 0.29) is 13.2 Å². The highest BCUT2D eigenvalue weighted by atomic mass is 35.5. The van der Waals surface area contributed by atoms with E-state index in [4.69, 9.17) is 16.4 Å². The number of nitrogens with one attached hydrogen (secondary N) is 1. The molecule has 148 valence electrons. The smallest absolute Gasteiger partial charge is 0.229 e. The summed E-state index contributed by atoms with van der Waals surface area (Å²) < 4.78 is 14.4. The number of nitrogens with zero attached hydrogens (tertiary/aromatic N) is 3. The van der Waals surface area contributed by atoms with Crippen LogP contribution in [0, 0.1) is 5.82 Å². The van der Waals surface area contributed by atoms with Crippen LogP contribution in [0.4, 0.5) is 21.8 Å². The van der Waals surface area contributed by atoms with Crippen molar-refractivity contribution in [2.75, 3.05) is 24.0 Å². The molecule has 2 heterocycles. The summed E-state index contributed by atoms with van der Waals surface area (Å²) in [5, 5.41) is 14.3. The van der Waals surface area contributed by atoms with Crippen molar-refractivity contribution in [3.8, 4) is 0 Å². The monoisotopic (exact) mass is 412 g/mol. The lowest BCUT2D eigenvalue weighted by molar-refractivity contribution is 0.173. The number of aromatic nitrogens is 2. The number of fused-ring (bicyclic) bond motifs is 1. The number of benzene rings is 2. The molecule has 4 rings (SSSR count). The van der Waals surface area contributed by atoms with Gasteiger partial charge in [0.1, 0.15) is 5.82 Å². The third-order valence-electron chi connectivity index (χ3n) is 4.55. The Hall–Kier alpha value is -3.00. The first-order chi connectivity index (χ1) is 14.1. The molecule has 6 nitrogen and oxygen atoms in total. The number of rotatable bonds is 5. The molecule has 0 atom stereocenters. The average Bonchev–Trinajstić information content (AvgIpc) is 2.73. The van der Waals surface area contributed by atoms with E-state index in [2.05, 4.69) is 15.3 Å². The van der Waals surface area contributed by atoms with Crippen molar-refractivity contribution in [3.05, 3.63) is 76.2 Å². The molecule has 0 bridgehead atoms. The van der Waals surface area contributed by atoms with Crippen molar-refractivity contribution in [1.29, 1.82) is 0 Å². The van der Waals surface area contributed by atoms with Gasteiger partial charge in [0.25, 0.3) is 0 Å². The number of hydroxylamine groups is 1. The molecular formula is C21H18ClFN4O2. The first-order valence-electron chi connectivity index (χ1n) is 8.89. The number of halogens is 2. The lowest BCUT2D eigenvalue weighted by Gasteiger charge is -2.28. The van der Waals surface area contributed by atoms with E-state index >= 15 is 0 Å². The summed E-state index contributed by atoms with van der Waals surface area (Å²) in [7, 11) is 1.52. The Bertz CT molecular complexity index is 1070. The molecule has 3 aromatic rings. The van der Waals surface area contributed by atoms with Gasteiger partial charge in [-0.05, 0) is 41.5 Å². The van der Waals surface area contributed by atoms with Crippen LogP contribution in [-0.4, -0.2) is 28.7 Å². The maximum absolute atomic E-state index is 14.4. The van der Waals surface area contributed by atoms with Gasteiger partial charge in [0.15, 0.2) is 5.82 Å². The third kappa shape index (κ3) is 3.93. The van der Waals surface area contributed by atoms with Crippen LogP contribution >= 0.6 is 11.6 Å². The minimum absolute atomic E-state index is 0.0514. The molecule has 0 aliphatic carbocycles. The van der Waals surface area contributed by atoms with Gasteiger partial charge in [-0.15, -0.1) is 0 Å². The number of anilines is 3. The molecule has 1 aromatic heterocycles. The van der Waals surface area contributed by atoms with Crippen molar-refractivity contribution in [2.24, 2.45) is 0 Å². The van der Waals surface area contributed by atoms with Gasteiger partial charge in [0.05, 0.1) is 25.3 Å². The molecule has 0 saturated carbocycles. The standard InChI is InChI=1S/C21H18ClFN4O2/c1-29-27-11-15(19-17(22)6-3-7-18(19)23)9-14-10-24-21(26-20(14)27)25-16-5-2-4-13(8-16)12-28/h2-10,28H,11-12H2,1H3,(H,24,25,26). The van der Waals surface area contributed by atoms with Crippen LogP contribution in [0.1, 0.15) is 16.7 Å². The van der Waals surface area contributed by atoms with E-state index in [1.807, 2.05) is 30.3 Å².